The number of methoxy groups -OCH3 is 1. The van der Waals surface area contributed by atoms with Crippen LogP contribution in [0, 0.1) is 5.92 Å². The first-order chi connectivity index (χ1) is 14.7. The zero-order chi connectivity index (χ0) is 23.0. The Morgan fingerprint density at radius 2 is 1.74 bits per heavy atom. The summed E-state index contributed by atoms with van der Waals surface area (Å²) in [5.74, 6) is -0.874. The summed E-state index contributed by atoms with van der Waals surface area (Å²) in [5.41, 5.74) is 6.28. The fourth-order valence-corrected chi connectivity index (χ4v) is 3.32. The lowest BCUT2D eigenvalue weighted by atomic mass is 9.93. The molecule has 8 nitrogen and oxygen atoms in total. The van der Waals surface area contributed by atoms with Gasteiger partial charge < -0.3 is 25.8 Å². The number of carbonyl (C=O) groups is 3. The van der Waals surface area contributed by atoms with Crippen LogP contribution in [0.4, 0.5) is 0 Å². The SMILES string of the molecule is COC[C@H](NC(=O)[C@@H](N)CCc1ccccc1)C(=O)N[C@@H](CC(C)C)C(=O)[C@@]1(C)CO1. The average molecular weight is 434 g/mol. The number of nitrogens with one attached hydrogen (secondary N) is 2. The highest BCUT2D eigenvalue weighted by Gasteiger charge is 2.50. The van der Waals surface area contributed by atoms with Crippen LogP contribution in [0.1, 0.15) is 39.2 Å². The second kappa shape index (κ2) is 11.4. The summed E-state index contributed by atoms with van der Waals surface area (Å²) in [6.45, 7) is 5.99. The summed E-state index contributed by atoms with van der Waals surface area (Å²) in [6, 6.07) is 7.34. The molecule has 0 aromatic heterocycles. The molecule has 2 rings (SSSR count). The van der Waals surface area contributed by atoms with Gasteiger partial charge in [-0.05, 0) is 37.7 Å². The molecule has 1 aromatic rings. The first-order valence-electron chi connectivity index (χ1n) is 10.7. The maximum absolute atomic E-state index is 12.9. The number of benzene rings is 1. The zero-order valence-corrected chi connectivity index (χ0v) is 18.9. The van der Waals surface area contributed by atoms with Crippen molar-refractivity contribution in [1.29, 1.82) is 0 Å². The molecule has 1 aliphatic heterocycles. The molecule has 0 radical (unpaired) electrons. The van der Waals surface area contributed by atoms with E-state index in [-0.39, 0.29) is 18.3 Å². The molecular formula is C23H35N3O5. The summed E-state index contributed by atoms with van der Waals surface area (Å²) in [7, 11) is 1.44. The number of aryl methyl sites for hydroxylation is 1. The molecule has 0 unspecified atom stereocenters. The van der Waals surface area contributed by atoms with Crippen LogP contribution in [-0.2, 0) is 30.3 Å². The Morgan fingerprint density at radius 1 is 1.13 bits per heavy atom. The Kier molecular flexibility index (Phi) is 9.15. The molecule has 31 heavy (non-hydrogen) atoms. The van der Waals surface area contributed by atoms with Gasteiger partial charge in [-0.2, -0.15) is 0 Å². The highest BCUT2D eigenvalue weighted by Crippen LogP contribution is 2.29. The quantitative estimate of drug-likeness (QED) is 0.398. The molecule has 0 saturated carbocycles. The number of ketones is 1. The first-order valence-corrected chi connectivity index (χ1v) is 10.7. The van der Waals surface area contributed by atoms with E-state index in [4.69, 9.17) is 15.2 Å². The van der Waals surface area contributed by atoms with Crippen LogP contribution >= 0.6 is 0 Å². The van der Waals surface area contributed by atoms with Crippen LogP contribution in [0.25, 0.3) is 0 Å². The average Bonchev–Trinajstić information content (AvgIpc) is 3.49. The number of hydrogen-bond donors (Lipinski definition) is 3. The van der Waals surface area contributed by atoms with E-state index in [1.54, 1.807) is 6.92 Å². The summed E-state index contributed by atoms with van der Waals surface area (Å²) in [5, 5.41) is 5.44. The van der Waals surface area contributed by atoms with Crippen molar-refractivity contribution >= 4 is 17.6 Å². The third-order valence-electron chi connectivity index (χ3n) is 5.33. The number of carbonyl (C=O) groups excluding carboxylic acids is 3. The summed E-state index contributed by atoms with van der Waals surface area (Å²) < 4.78 is 10.4. The standard InChI is InChI=1S/C23H35N3O5/c1-15(2)12-18(20(27)23(3)14-31-23)25-22(29)19(13-30-4)26-21(28)17(24)11-10-16-8-6-5-7-9-16/h5-9,15,17-19H,10-14,24H2,1-4H3,(H,25,29)(H,26,28)/t17-,18-,19-,23+/m0/s1. The normalized spacial score (nSPS) is 20.6. The Hall–Kier alpha value is -2.29. The van der Waals surface area contributed by atoms with Crippen LogP contribution < -0.4 is 16.4 Å². The van der Waals surface area contributed by atoms with Crippen LogP contribution in [-0.4, -0.2) is 61.6 Å². The number of Topliss-reactive ketones (excluding diaryl/α,β-unsaturated/α-hetero) is 1. The Morgan fingerprint density at radius 3 is 2.29 bits per heavy atom. The van der Waals surface area contributed by atoms with Gasteiger partial charge in [0.05, 0.1) is 25.3 Å². The topological polar surface area (TPSA) is 123 Å². The van der Waals surface area contributed by atoms with Gasteiger partial charge in [0, 0.05) is 7.11 Å². The lowest BCUT2D eigenvalue weighted by molar-refractivity contribution is -0.134. The molecule has 4 N–H and O–H groups in total. The van der Waals surface area contributed by atoms with Crippen molar-refractivity contribution in [2.75, 3.05) is 20.3 Å². The van der Waals surface area contributed by atoms with E-state index < -0.39 is 35.5 Å². The predicted octanol–water partition coefficient (Wildman–Crippen LogP) is 0.967. The Bertz CT molecular complexity index is 749. The van der Waals surface area contributed by atoms with Gasteiger partial charge in [0.25, 0.3) is 0 Å². The third-order valence-corrected chi connectivity index (χ3v) is 5.33. The number of amides is 2. The minimum absolute atomic E-state index is 0.0284. The first kappa shape index (κ1) is 25.0. The van der Waals surface area contributed by atoms with Crippen molar-refractivity contribution in [3.05, 3.63) is 35.9 Å². The van der Waals surface area contributed by atoms with E-state index in [0.29, 0.717) is 25.9 Å². The van der Waals surface area contributed by atoms with E-state index in [1.807, 2.05) is 44.2 Å². The molecule has 0 spiro atoms. The summed E-state index contributed by atoms with van der Waals surface area (Å²) >= 11 is 0. The Labute approximate surface area is 184 Å². The van der Waals surface area contributed by atoms with Crippen LogP contribution in [0.3, 0.4) is 0 Å². The number of hydrogen-bond acceptors (Lipinski definition) is 6. The molecule has 0 aliphatic carbocycles. The van der Waals surface area contributed by atoms with Crippen molar-refractivity contribution < 1.29 is 23.9 Å². The van der Waals surface area contributed by atoms with Crippen molar-refractivity contribution in [3.63, 3.8) is 0 Å². The van der Waals surface area contributed by atoms with E-state index in [1.165, 1.54) is 7.11 Å². The molecule has 1 heterocycles. The van der Waals surface area contributed by atoms with Gasteiger partial charge in [-0.15, -0.1) is 0 Å². The van der Waals surface area contributed by atoms with Gasteiger partial charge in [0.15, 0.2) is 5.78 Å². The van der Waals surface area contributed by atoms with E-state index in [0.717, 1.165) is 5.56 Å². The van der Waals surface area contributed by atoms with Crippen molar-refractivity contribution in [2.45, 2.75) is 63.8 Å². The lowest BCUT2D eigenvalue weighted by Crippen LogP contribution is -2.57. The van der Waals surface area contributed by atoms with E-state index in [9.17, 15) is 14.4 Å². The molecule has 1 aliphatic rings. The number of rotatable bonds is 13. The monoisotopic (exact) mass is 433 g/mol. The van der Waals surface area contributed by atoms with Gasteiger partial charge in [-0.25, -0.2) is 0 Å². The highest BCUT2D eigenvalue weighted by molar-refractivity contribution is 5.98. The van der Waals surface area contributed by atoms with E-state index in [2.05, 4.69) is 10.6 Å². The van der Waals surface area contributed by atoms with Gasteiger partial charge in [-0.3, -0.25) is 14.4 Å². The summed E-state index contributed by atoms with van der Waals surface area (Å²) in [4.78, 5) is 38.2. The molecule has 1 saturated heterocycles. The second-order valence-corrected chi connectivity index (χ2v) is 8.72. The number of epoxide rings is 1. The minimum atomic E-state index is -0.948. The van der Waals surface area contributed by atoms with Crippen LogP contribution in [0.15, 0.2) is 30.3 Å². The summed E-state index contributed by atoms with van der Waals surface area (Å²) in [6.07, 6.45) is 1.58. The zero-order valence-electron chi connectivity index (χ0n) is 18.9. The number of nitrogens with two attached hydrogens (primary N) is 1. The van der Waals surface area contributed by atoms with E-state index >= 15 is 0 Å². The van der Waals surface area contributed by atoms with Crippen molar-refractivity contribution in [2.24, 2.45) is 11.7 Å². The maximum atomic E-state index is 12.9. The molecule has 172 valence electrons. The molecule has 1 fully saturated rings. The van der Waals surface area contributed by atoms with Crippen LogP contribution in [0.2, 0.25) is 0 Å². The van der Waals surface area contributed by atoms with Gasteiger partial charge in [-0.1, -0.05) is 44.2 Å². The predicted molar refractivity (Wildman–Crippen MR) is 117 cm³/mol. The molecule has 4 atom stereocenters. The smallest absolute Gasteiger partial charge is 0.245 e. The fraction of sp³-hybridized carbons (Fsp3) is 0.609. The maximum Gasteiger partial charge on any atom is 0.245 e. The van der Waals surface area contributed by atoms with Gasteiger partial charge >= 0.3 is 0 Å². The molecule has 0 bridgehead atoms. The number of ether oxygens (including phenoxy) is 2. The molecular weight excluding hydrogens is 398 g/mol. The Balaban J connectivity index is 1.95. The van der Waals surface area contributed by atoms with Crippen molar-refractivity contribution in [3.8, 4) is 0 Å². The highest BCUT2D eigenvalue weighted by atomic mass is 16.6. The van der Waals surface area contributed by atoms with Crippen LogP contribution in [0.5, 0.6) is 0 Å². The molecule has 8 heteroatoms. The van der Waals surface area contributed by atoms with Gasteiger partial charge in [0.2, 0.25) is 11.8 Å². The minimum Gasteiger partial charge on any atom is -0.382 e. The fourth-order valence-electron chi connectivity index (χ4n) is 3.32. The van der Waals surface area contributed by atoms with Gasteiger partial charge in [0.1, 0.15) is 11.6 Å². The molecule has 1 aromatic carbocycles. The van der Waals surface area contributed by atoms with Crippen molar-refractivity contribution in [1.82, 2.24) is 10.6 Å². The third kappa shape index (κ3) is 7.72. The second-order valence-electron chi connectivity index (χ2n) is 8.72. The molecule has 2 amide bonds. The lowest BCUT2D eigenvalue weighted by Gasteiger charge is -2.25. The largest absolute Gasteiger partial charge is 0.382 e.